The number of aromatic nitrogens is 3. The van der Waals surface area contributed by atoms with Crippen LogP contribution in [0.15, 0.2) is 78.0 Å². The number of halogens is 5. The van der Waals surface area contributed by atoms with Crippen molar-refractivity contribution in [2.24, 2.45) is 4.99 Å². The number of carbonyl (C=O) groups is 2. The van der Waals surface area contributed by atoms with Crippen molar-refractivity contribution in [3.8, 4) is 22.8 Å². The molecule has 0 unspecified atom stereocenters. The third-order valence-corrected chi connectivity index (χ3v) is 7.76. The molecule has 1 aliphatic rings. The molecular weight excluding hydrogens is 631 g/mol. The number of thioether (sulfide) groups is 1. The Morgan fingerprint density at radius 2 is 1.74 bits per heavy atom. The first-order valence-electron chi connectivity index (χ1n) is 13.9. The fraction of sp³-hybridized carbons (Fsp3) is 0.258. The number of ether oxygens (including phenoxy) is 1. The lowest BCUT2D eigenvalue weighted by Gasteiger charge is -2.22. The maximum atomic E-state index is 13.1. The topological polar surface area (TPSA) is 102 Å². The summed E-state index contributed by atoms with van der Waals surface area (Å²) in [6.07, 6.45) is -9.81. The fourth-order valence-electron chi connectivity index (χ4n) is 4.49. The third-order valence-electron chi connectivity index (χ3n) is 6.84. The van der Waals surface area contributed by atoms with E-state index in [9.17, 15) is 31.5 Å². The second kappa shape index (κ2) is 12.9. The van der Waals surface area contributed by atoms with Gasteiger partial charge in [-0.25, -0.2) is 14.5 Å². The Hall–Kier alpha value is -4.79. The maximum absolute atomic E-state index is 13.1. The number of urea groups is 1. The Bertz CT molecular complexity index is 1770. The minimum absolute atomic E-state index is 0.146. The second-order valence-corrected chi connectivity index (χ2v) is 11.6. The Morgan fingerprint density at radius 3 is 2.39 bits per heavy atom. The summed E-state index contributed by atoms with van der Waals surface area (Å²) in [6, 6.07) is 16.8. The van der Waals surface area contributed by atoms with Gasteiger partial charge in [0, 0.05) is 12.1 Å². The molecule has 9 nitrogen and oxygen atoms in total. The van der Waals surface area contributed by atoms with E-state index in [4.69, 9.17) is 0 Å². The zero-order chi connectivity index (χ0) is 33.2. The zero-order valence-electron chi connectivity index (χ0n) is 24.7. The number of anilines is 1. The van der Waals surface area contributed by atoms with Crippen molar-refractivity contribution in [2.75, 3.05) is 10.7 Å². The molecule has 46 heavy (non-hydrogen) atoms. The molecule has 15 heteroatoms. The molecule has 0 radical (unpaired) electrons. The number of nitrogens with one attached hydrogen (secondary N) is 1. The normalized spacial score (nSPS) is 14.8. The molecule has 1 aliphatic heterocycles. The van der Waals surface area contributed by atoms with Crippen LogP contribution in [0.25, 0.3) is 17.1 Å². The summed E-state index contributed by atoms with van der Waals surface area (Å²) in [5.41, 5.74) is 4.43. The largest absolute Gasteiger partial charge is 0.499 e. The molecule has 2 heterocycles. The number of benzene rings is 3. The zero-order valence-corrected chi connectivity index (χ0v) is 25.5. The molecule has 1 N–H and O–H groups in total. The van der Waals surface area contributed by atoms with E-state index in [-0.39, 0.29) is 24.1 Å². The lowest BCUT2D eigenvalue weighted by Crippen LogP contribution is -2.41. The summed E-state index contributed by atoms with van der Waals surface area (Å²) in [6.45, 7) is 6.18. The van der Waals surface area contributed by atoms with E-state index in [0.717, 1.165) is 34.5 Å². The van der Waals surface area contributed by atoms with Crippen LogP contribution >= 0.6 is 11.8 Å². The molecule has 0 atom stereocenters. The Balaban J connectivity index is 1.21. The van der Waals surface area contributed by atoms with Crippen LogP contribution in [0.2, 0.25) is 0 Å². The number of hydrogen-bond donors (Lipinski definition) is 1. The average Bonchev–Trinajstić information content (AvgIpc) is 3.63. The van der Waals surface area contributed by atoms with Crippen LogP contribution in [0.4, 0.5) is 32.4 Å². The molecule has 0 spiro atoms. The van der Waals surface area contributed by atoms with Crippen molar-refractivity contribution in [3.63, 3.8) is 0 Å². The number of hydrogen-bond acceptors (Lipinski definition) is 6. The van der Waals surface area contributed by atoms with Gasteiger partial charge in [0.1, 0.15) is 12.1 Å². The number of carbonyl (C=O) groups excluding carboxylic acids is 2. The number of aliphatic imine (C=N–C) groups is 1. The number of amidine groups is 1. The van der Waals surface area contributed by atoms with E-state index in [0.29, 0.717) is 22.2 Å². The first-order valence-corrected chi connectivity index (χ1v) is 14.9. The second-order valence-electron chi connectivity index (χ2n) is 10.6. The quantitative estimate of drug-likeness (QED) is 0.200. The fourth-order valence-corrected chi connectivity index (χ4v) is 5.34. The van der Waals surface area contributed by atoms with Gasteiger partial charge < -0.3 is 10.1 Å². The van der Waals surface area contributed by atoms with E-state index < -0.39 is 24.1 Å². The molecule has 1 fully saturated rings. The van der Waals surface area contributed by atoms with Crippen LogP contribution in [0.1, 0.15) is 36.5 Å². The van der Waals surface area contributed by atoms with Gasteiger partial charge in [-0.3, -0.25) is 9.69 Å². The standard InChI is InChI=1S/C31H27F5N6O3S/c1-18(2)24-13-4-19(3)14-25(24)42-26(43)16-46-29(42)39-28(44)37-15-20-5-7-21(8-6-20)27-38-17-41(40-27)22-9-11-23(12-10-22)45-31(35,36)30(32,33)34/h4-14,17-18H,15-16H2,1-3H3,(H,37,44)/b39-29-. The van der Waals surface area contributed by atoms with Crippen molar-refractivity contribution in [2.45, 2.75) is 45.5 Å². The molecular formula is C31H27F5N6O3S. The van der Waals surface area contributed by atoms with Gasteiger partial charge in [0.15, 0.2) is 11.0 Å². The average molecular weight is 659 g/mol. The van der Waals surface area contributed by atoms with Gasteiger partial charge >= 0.3 is 18.3 Å². The van der Waals surface area contributed by atoms with E-state index in [1.807, 2.05) is 39.0 Å². The van der Waals surface area contributed by atoms with Crippen LogP contribution < -0.4 is 15.0 Å². The number of rotatable bonds is 8. The highest BCUT2D eigenvalue weighted by Crippen LogP contribution is 2.37. The lowest BCUT2D eigenvalue weighted by molar-refractivity contribution is -0.360. The molecule has 0 bridgehead atoms. The number of nitrogens with zero attached hydrogens (tertiary/aromatic N) is 5. The first kappa shape index (κ1) is 32.6. The number of amides is 3. The Morgan fingerprint density at radius 1 is 1.04 bits per heavy atom. The van der Waals surface area contributed by atoms with Crippen molar-refractivity contribution < 1.29 is 36.3 Å². The third kappa shape index (κ3) is 7.19. The van der Waals surface area contributed by atoms with Gasteiger partial charge in [0.05, 0.1) is 17.1 Å². The summed E-state index contributed by atoms with van der Waals surface area (Å²) >= 11 is 1.21. The van der Waals surface area contributed by atoms with Crippen LogP contribution in [-0.2, 0) is 11.3 Å². The summed E-state index contributed by atoms with van der Waals surface area (Å²) in [5, 5.41) is 7.38. The Labute approximate surface area is 264 Å². The highest BCUT2D eigenvalue weighted by atomic mass is 32.2. The molecule has 4 aromatic rings. The van der Waals surface area contributed by atoms with Gasteiger partial charge in [-0.1, -0.05) is 62.0 Å². The SMILES string of the molecule is Cc1ccc(C(C)C)c(N2C(=O)CS/C2=N\C(=O)NCc2ccc(-c3ncn(-c4ccc(OC(F)(F)C(F)(F)F)cc4)n3)cc2)c1. The summed E-state index contributed by atoms with van der Waals surface area (Å²) in [4.78, 5) is 35.4. The molecule has 240 valence electrons. The van der Waals surface area contributed by atoms with Crippen LogP contribution in [0.5, 0.6) is 5.75 Å². The smallest absolute Gasteiger partial charge is 0.426 e. The van der Waals surface area contributed by atoms with Gasteiger partial charge in [-0.05, 0) is 59.9 Å². The van der Waals surface area contributed by atoms with Crippen molar-refractivity contribution in [1.29, 1.82) is 0 Å². The minimum Gasteiger partial charge on any atom is -0.426 e. The minimum atomic E-state index is -5.85. The van der Waals surface area contributed by atoms with Crippen molar-refractivity contribution in [1.82, 2.24) is 20.1 Å². The summed E-state index contributed by atoms with van der Waals surface area (Å²) in [7, 11) is 0. The van der Waals surface area contributed by atoms with Crippen molar-refractivity contribution in [3.05, 3.63) is 89.7 Å². The van der Waals surface area contributed by atoms with Crippen LogP contribution in [0.3, 0.4) is 0 Å². The summed E-state index contributed by atoms with van der Waals surface area (Å²) < 4.78 is 68.6. The molecule has 5 rings (SSSR count). The monoisotopic (exact) mass is 658 g/mol. The Kier molecular flexibility index (Phi) is 9.15. The van der Waals surface area contributed by atoms with Gasteiger partial charge in [-0.15, -0.1) is 5.10 Å². The molecule has 0 aliphatic carbocycles. The molecule has 3 aromatic carbocycles. The highest BCUT2D eigenvalue weighted by Gasteiger charge is 2.61. The maximum Gasteiger partial charge on any atom is 0.499 e. The van der Waals surface area contributed by atoms with Gasteiger partial charge in [0.2, 0.25) is 5.91 Å². The van der Waals surface area contributed by atoms with Gasteiger partial charge in [0.25, 0.3) is 0 Å². The summed E-state index contributed by atoms with van der Waals surface area (Å²) in [5.74, 6) is -0.141. The van der Waals surface area contributed by atoms with E-state index in [2.05, 4.69) is 25.1 Å². The van der Waals surface area contributed by atoms with Crippen LogP contribution in [0, 0.1) is 6.92 Å². The van der Waals surface area contributed by atoms with E-state index >= 15 is 0 Å². The van der Waals surface area contributed by atoms with E-state index in [1.54, 1.807) is 24.3 Å². The molecule has 1 saturated heterocycles. The molecule has 3 amide bonds. The number of alkyl halides is 5. The van der Waals surface area contributed by atoms with Crippen LogP contribution in [-0.4, -0.2) is 49.9 Å². The predicted octanol–water partition coefficient (Wildman–Crippen LogP) is 7.25. The molecule has 0 saturated carbocycles. The first-order chi connectivity index (χ1) is 21.7. The predicted molar refractivity (Wildman–Crippen MR) is 163 cm³/mol. The van der Waals surface area contributed by atoms with Crippen molar-refractivity contribution >= 4 is 34.6 Å². The lowest BCUT2D eigenvalue weighted by atomic mass is 9.99. The molecule has 1 aromatic heterocycles. The van der Waals surface area contributed by atoms with Gasteiger partial charge in [-0.2, -0.15) is 26.9 Å². The highest BCUT2D eigenvalue weighted by molar-refractivity contribution is 8.15. The number of aryl methyl sites for hydroxylation is 1. The van der Waals surface area contributed by atoms with E-state index in [1.165, 1.54) is 39.8 Å².